The first-order chi connectivity index (χ1) is 12.3. The van der Waals surface area contributed by atoms with E-state index in [1.54, 1.807) is 24.5 Å². The third-order valence-electron chi connectivity index (χ3n) is 4.24. The highest BCUT2D eigenvalue weighted by Crippen LogP contribution is 2.24. The Morgan fingerprint density at radius 2 is 1.38 bits per heavy atom. The molecule has 0 saturated heterocycles. The Kier molecular flexibility index (Phi) is 5.09. The second-order valence-corrected chi connectivity index (χ2v) is 8.18. The fourth-order valence-electron chi connectivity index (χ4n) is 3.22. The van der Waals surface area contributed by atoms with E-state index in [-0.39, 0.29) is 0 Å². The second-order valence-electron chi connectivity index (χ2n) is 6.56. The molecule has 3 aromatic rings. The van der Waals surface area contributed by atoms with Crippen molar-refractivity contribution in [2.24, 2.45) is 0 Å². The van der Waals surface area contributed by atoms with Crippen LogP contribution in [0, 0.1) is 20.8 Å². The predicted molar refractivity (Wildman–Crippen MR) is 105 cm³/mol. The molecule has 0 spiro atoms. The molecule has 0 fully saturated rings. The van der Waals surface area contributed by atoms with E-state index in [2.05, 4.69) is 9.71 Å². The number of sulfonamides is 1. The van der Waals surface area contributed by atoms with E-state index in [1.807, 2.05) is 57.2 Å². The lowest BCUT2D eigenvalue weighted by atomic mass is 10.1. The zero-order valence-electron chi connectivity index (χ0n) is 15.2. The van der Waals surface area contributed by atoms with Gasteiger partial charge in [-0.2, -0.15) is 0 Å². The monoisotopic (exact) mass is 366 g/mol. The van der Waals surface area contributed by atoms with Crippen molar-refractivity contribution in [1.29, 1.82) is 0 Å². The topological polar surface area (TPSA) is 59.1 Å². The van der Waals surface area contributed by atoms with E-state index in [0.717, 1.165) is 28.7 Å². The Morgan fingerprint density at radius 3 is 1.96 bits per heavy atom. The van der Waals surface area contributed by atoms with Crippen LogP contribution in [-0.2, 0) is 16.4 Å². The first kappa shape index (κ1) is 18.1. The number of aryl methyl sites for hydroxylation is 3. The summed E-state index contributed by atoms with van der Waals surface area (Å²) in [5.74, 6) is 0. The Bertz CT molecular complexity index is 989. The van der Waals surface area contributed by atoms with Crippen molar-refractivity contribution in [3.8, 4) is 0 Å². The van der Waals surface area contributed by atoms with E-state index in [1.165, 1.54) is 5.56 Å². The molecule has 0 aliphatic carbocycles. The maximum absolute atomic E-state index is 12.8. The van der Waals surface area contributed by atoms with Crippen LogP contribution in [0.3, 0.4) is 0 Å². The molecule has 134 valence electrons. The Hall–Kier alpha value is -2.66. The number of aromatic nitrogens is 1. The van der Waals surface area contributed by atoms with Crippen molar-refractivity contribution in [3.05, 3.63) is 88.7 Å². The van der Waals surface area contributed by atoms with Gasteiger partial charge in [-0.15, -0.1) is 0 Å². The van der Waals surface area contributed by atoms with Crippen molar-refractivity contribution in [3.63, 3.8) is 0 Å². The van der Waals surface area contributed by atoms with Crippen LogP contribution in [0.1, 0.15) is 27.8 Å². The van der Waals surface area contributed by atoms with Gasteiger partial charge in [-0.25, -0.2) is 8.42 Å². The number of pyridine rings is 1. The van der Waals surface area contributed by atoms with Gasteiger partial charge < -0.3 is 0 Å². The summed E-state index contributed by atoms with van der Waals surface area (Å²) in [6.45, 7) is 5.62. The third-order valence-corrected chi connectivity index (χ3v) is 5.92. The van der Waals surface area contributed by atoms with Crippen molar-refractivity contribution in [2.75, 3.05) is 4.72 Å². The van der Waals surface area contributed by atoms with E-state index < -0.39 is 10.0 Å². The van der Waals surface area contributed by atoms with Gasteiger partial charge in [0, 0.05) is 18.1 Å². The van der Waals surface area contributed by atoms with E-state index in [4.69, 9.17) is 0 Å². The highest BCUT2D eigenvalue weighted by molar-refractivity contribution is 7.92. The van der Waals surface area contributed by atoms with Crippen LogP contribution in [0.5, 0.6) is 0 Å². The molecule has 0 unspecified atom stereocenters. The van der Waals surface area contributed by atoms with Crippen LogP contribution in [0.25, 0.3) is 0 Å². The average molecular weight is 366 g/mol. The molecule has 1 N–H and O–H groups in total. The number of benzene rings is 2. The molecule has 26 heavy (non-hydrogen) atoms. The summed E-state index contributed by atoms with van der Waals surface area (Å²) in [4.78, 5) is 4.36. The summed E-state index contributed by atoms with van der Waals surface area (Å²) < 4.78 is 28.3. The minimum atomic E-state index is -3.62. The lowest BCUT2D eigenvalue weighted by molar-refractivity contribution is 0.600. The van der Waals surface area contributed by atoms with Crippen LogP contribution < -0.4 is 4.72 Å². The van der Waals surface area contributed by atoms with Gasteiger partial charge in [0.2, 0.25) is 0 Å². The zero-order chi connectivity index (χ0) is 18.7. The number of hydrogen-bond acceptors (Lipinski definition) is 3. The summed E-state index contributed by atoms with van der Waals surface area (Å²) in [6.07, 6.45) is 4.32. The van der Waals surface area contributed by atoms with Gasteiger partial charge >= 0.3 is 0 Å². The highest BCUT2D eigenvalue weighted by atomic mass is 32.2. The molecule has 0 amide bonds. The zero-order valence-corrected chi connectivity index (χ0v) is 16.0. The van der Waals surface area contributed by atoms with E-state index >= 15 is 0 Å². The molecule has 0 aliphatic rings. The van der Waals surface area contributed by atoms with Crippen molar-refractivity contribution < 1.29 is 8.42 Å². The van der Waals surface area contributed by atoms with Gasteiger partial charge in [0.05, 0.1) is 4.90 Å². The lowest BCUT2D eigenvalue weighted by Gasteiger charge is -2.14. The number of nitrogens with one attached hydrogen (secondary N) is 1. The first-order valence-corrected chi connectivity index (χ1v) is 9.92. The van der Waals surface area contributed by atoms with Crippen LogP contribution in [-0.4, -0.2) is 13.4 Å². The van der Waals surface area contributed by atoms with Gasteiger partial charge in [-0.05, 0) is 73.7 Å². The van der Waals surface area contributed by atoms with Gasteiger partial charge in [-0.3, -0.25) is 9.71 Å². The van der Waals surface area contributed by atoms with Crippen LogP contribution in [0.15, 0.2) is 65.8 Å². The van der Waals surface area contributed by atoms with Crippen LogP contribution >= 0.6 is 0 Å². The Labute approximate surface area is 155 Å². The molecule has 3 rings (SSSR count). The minimum Gasteiger partial charge on any atom is -0.280 e. The SMILES string of the molecule is Cc1cc(C)c(S(=O)(=O)Nc2ccc(Cc3ccncc3)cc2)c(C)c1. The van der Waals surface area contributed by atoms with Crippen LogP contribution in [0.4, 0.5) is 5.69 Å². The minimum absolute atomic E-state index is 0.351. The first-order valence-electron chi connectivity index (χ1n) is 8.44. The number of anilines is 1. The summed E-state index contributed by atoms with van der Waals surface area (Å²) in [6, 6.07) is 15.2. The van der Waals surface area contributed by atoms with Crippen LogP contribution in [0.2, 0.25) is 0 Å². The lowest BCUT2D eigenvalue weighted by Crippen LogP contribution is -2.16. The van der Waals surface area contributed by atoms with Gasteiger partial charge in [0.25, 0.3) is 10.0 Å². The summed E-state index contributed by atoms with van der Waals surface area (Å²) in [5, 5.41) is 0. The normalized spacial score (nSPS) is 11.3. The molecular weight excluding hydrogens is 344 g/mol. The van der Waals surface area contributed by atoms with Gasteiger partial charge in [0.1, 0.15) is 0 Å². The fraction of sp³-hybridized carbons (Fsp3) is 0.190. The summed E-state index contributed by atoms with van der Waals surface area (Å²) in [7, 11) is -3.62. The molecule has 4 nitrogen and oxygen atoms in total. The summed E-state index contributed by atoms with van der Waals surface area (Å²) in [5.41, 5.74) is 5.40. The standard InChI is InChI=1S/C21H22N2O2S/c1-15-12-16(2)21(17(3)13-15)26(24,25)23-20-6-4-18(5-7-20)14-19-8-10-22-11-9-19/h4-13,23H,14H2,1-3H3. The quantitative estimate of drug-likeness (QED) is 0.728. The van der Waals surface area contributed by atoms with Crippen molar-refractivity contribution in [2.45, 2.75) is 32.1 Å². The van der Waals surface area contributed by atoms with Crippen molar-refractivity contribution >= 4 is 15.7 Å². The highest BCUT2D eigenvalue weighted by Gasteiger charge is 2.20. The molecule has 5 heteroatoms. The predicted octanol–water partition coefficient (Wildman–Crippen LogP) is 4.40. The molecule has 0 bridgehead atoms. The Morgan fingerprint density at radius 1 is 0.846 bits per heavy atom. The molecule has 0 aliphatic heterocycles. The molecule has 1 aromatic heterocycles. The summed E-state index contributed by atoms with van der Waals surface area (Å²) >= 11 is 0. The molecule has 0 saturated carbocycles. The van der Waals surface area contributed by atoms with Gasteiger partial charge in [-0.1, -0.05) is 29.8 Å². The maximum Gasteiger partial charge on any atom is 0.262 e. The molecule has 2 aromatic carbocycles. The number of rotatable bonds is 5. The maximum atomic E-state index is 12.8. The average Bonchev–Trinajstić information content (AvgIpc) is 2.56. The smallest absolute Gasteiger partial charge is 0.262 e. The van der Waals surface area contributed by atoms with Crippen molar-refractivity contribution in [1.82, 2.24) is 4.98 Å². The van der Waals surface area contributed by atoms with E-state index in [9.17, 15) is 8.42 Å². The number of nitrogens with zero attached hydrogens (tertiary/aromatic N) is 1. The molecule has 1 heterocycles. The van der Waals surface area contributed by atoms with Gasteiger partial charge in [0.15, 0.2) is 0 Å². The molecule has 0 radical (unpaired) electrons. The van der Waals surface area contributed by atoms with E-state index in [0.29, 0.717) is 10.6 Å². The molecular formula is C21H22N2O2S. The largest absolute Gasteiger partial charge is 0.280 e. The second kappa shape index (κ2) is 7.30. The Balaban J connectivity index is 1.80. The molecule has 0 atom stereocenters. The number of hydrogen-bond donors (Lipinski definition) is 1. The third kappa shape index (κ3) is 4.11. The fourth-order valence-corrected chi connectivity index (χ4v) is 4.74.